The van der Waals surface area contributed by atoms with Crippen molar-refractivity contribution in [3.05, 3.63) is 0 Å². The van der Waals surface area contributed by atoms with E-state index in [-0.39, 0.29) is 6.54 Å². The molecule has 0 bridgehead atoms. The zero-order valence-corrected chi connectivity index (χ0v) is 8.13. The summed E-state index contributed by atoms with van der Waals surface area (Å²) in [5.74, 6) is -1.67. The first-order valence-corrected chi connectivity index (χ1v) is 5.24. The van der Waals surface area contributed by atoms with Gasteiger partial charge in [0.1, 0.15) is 0 Å². The third-order valence-electron chi connectivity index (χ3n) is 1.52. The minimum atomic E-state index is -3.26. The van der Waals surface area contributed by atoms with E-state index in [9.17, 15) is 13.2 Å². The van der Waals surface area contributed by atoms with Crippen LogP contribution in [0.1, 0.15) is 6.92 Å². The fourth-order valence-corrected chi connectivity index (χ4v) is 1.09. The third-order valence-corrected chi connectivity index (χ3v) is 2.80. The Hall–Kier alpha value is -0.620. The van der Waals surface area contributed by atoms with Crippen molar-refractivity contribution in [2.24, 2.45) is 5.92 Å². The number of carboxylic acid groups (broad SMARTS) is 1. The predicted molar refractivity (Wildman–Crippen MR) is 44.3 cm³/mol. The Balaban J connectivity index is 4.20. The third kappa shape index (κ3) is 3.68. The van der Waals surface area contributed by atoms with E-state index >= 15 is 0 Å². The van der Waals surface area contributed by atoms with Gasteiger partial charge in [0.05, 0.1) is 12.2 Å². The van der Waals surface area contributed by atoms with Gasteiger partial charge in [-0.15, -0.1) is 0 Å². The molecule has 0 saturated carbocycles. The van der Waals surface area contributed by atoms with Crippen LogP contribution >= 0.6 is 0 Å². The topological polar surface area (TPSA) is 74.7 Å². The molecule has 1 unspecified atom stereocenters. The molecule has 0 spiro atoms. The van der Waals surface area contributed by atoms with Gasteiger partial charge >= 0.3 is 5.97 Å². The molecule has 0 aromatic carbocycles. The second-order valence-electron chi connectivity index (χ2n) is 2.78. The van der Waals surface area contributed by atoms with Crippen molar-refractivity contribution in [2.45, 2.75) is 6.92 Å². The van der Waals surface area contributed by atoms with E-state index in [4.69, 9.17) is 5.11 Å². The summed E-state index contributed by atoms with van der Waals surface area (Å²) in [6.07, 6.45) is 1.04. The van der Waals surface area contributed by atoms with Crippen molar-refractivity contribution in [1.82, 2.24) is 4.31 Å². The Morgan fingerprint density at radius 1 is 1.58 bits per heavy atom. The molecule has 72 valence electrons. The fraction of sp³-hybridized carbons (Fsp3) is 0.833. The summed E-state index contributed by atoms with van der Waals surface area (Å²) in [5, 5.41) is 8.48. The van der Waals surface area contributed by atoms with Crippen molar-refractivity contribution >= 4 is 16.0 Å². The maximum Gasteiger partial charge on any atom is 0.307 e. The number of rotatable bonds is 4. The number of sulfonamides is 1. The summed E-state index contributed by atoms with van der Waals surface area (Å²) in [7, 11) is -1.91. The molecular formula is C6H13NO4S. The minimum absolute atomic E-state index is 0.00810. The first-order valence-electron chi connectivity index (χ1n) is 3.39. The highest BCUT2D eigenvalue weighted by atomic mass is 32.2. The quantitative estimate of drug-likeness (QED) is 0.662. The number of hydrogen-bond donors (Lipinski definition) is 1. The zero-order valence-electron chi connectivity index (χ0n) is 7.31. The Labute approximate surface area is 72.0 Å². The molecular weight excluding hydrogens is 182 g/mol. The molecule has 12 heavy (non-hydrogen) atoms. The molecule has 0 rings (SSSR count). The lowest BCUT2D eigenvalue weighted by Gasteiger charge is -2.15. The Kier molecular flexibility index (Phi) is 3.66. The molecule has 5 nitrogen and oxygen atoms in total. The average Bonchev–Trinajstić information content (AvgIpc) is 1.85. The monoisotopic (exact) mass is 195 g/mol. The normalized spacial score (nSPS) is 14.7. The first kappa shape index (κ1) is 11.4. The van der Waals surface area contributed by atoms with Gasteiger partial charge in [0, 0.05) is 13.6 Å². The summed E-state index contributed by atoms with van der Waals surface area (Å²) in [5.41, 5.74) is 0. The molecule has 0 heterocycles. The van der Waals surface area contributed by atoms with Gasteiger partial charge in [0.2, 0.25) is 10.0 Å². The lowest BCUT2D eigenvalue weighted by Crippen LogP contribution is -2.32. The van der Waals surface area contributed by atoms with Crippen molar-refractivity contribution < 1.29 is 18.3 Å². The van der Waals surface area contributed by atoms with Crippen LogP contribution in [0, 0.1) is 5.92 Å². The molecule has 0 aliphatic rings. The van der Waals surface area contributed by atoms with E-state index in [0.29, 0.717) is 0 Å². The van der Waals surface area contributed by atoms with Crippen LogP contribution in [0.5, 0.6) is 0 Å². The van der Waals surface area contributed by atoms with Gasteiger partial charge in [0.25, 0.3) is 0 Å². The fourth-order valence-electron chi connectivity index (χ4n) is 0.599. The Morgan fingerprint density at radius 3 is 2.25 bits per heavy atom. The Bertz CT molecular complexity index is 259. The van der Waals surface area contributed by atoms with Gasteiger partial charge in [-0.2, -0.15) is 0 Å². The van der Waals surface area contributed by atoms with Crippen molar-refractivity contribution in [2.75, 3.05) is 19.8 Å². The van der Waals surface area contributed by atoms with Crippen LogP contribution in [0.25, 0.3) is 0 Å². The molecule has 0 radical (unpaired) electrons. The van der Waals surface area contributed by atoms with E-state index in [1.54, 1.807) is 0 Å². The van der Waals surface area contributed by atoms with E-state index in [1.165, 1.54) is 14.0 Å². The molecule has 0 aromatic rings. The highest BCUT2D eigenvalue weighted by Gasteiger charge is 2.18. The second-order valence-corrected chi connectivity index (χ2v) is 4.87. The van der Waals surface area contributed by atoms with E-state index in [1.807, 2.05) is 0 Å². The molecule has 0 amide bonds. The zero-order chi connectivity index (χ0) is 9.94. The van der Waals surface area contributed by atoms with Crippen LogP contribution in [0.15, 0.2) is 0 Å². The van der Waals surface area contributed by atoms with Crippen LogP contribution in [0.2, 0.25) is 0 Å². The number of hydrogen-bond acceptors (Lipinski definition) is 3. The first-order chi connectivity index (χ1) is 5.25. The van der Waals surface area contributed by atoms with Gasteiger partial charge in [-0.1, -0.05) is 6.92 Å². The number of carbonyl (C=O) groups is 1. The van der Waals surface area contributed by atoms with E-state index < -0.39 is 21.9 Å². The molecule has 0 aliphatic heterocycles. The van der Waals surface area contributed by atoms with Crippen LogP contribution in [0.4, 0.5) is 0 Å². The lowest BCUT2D eigenvalue weighted by molar-refractivity contribution is -0.141. The van der Waals surface area contributed by atoms with Gasteiger partial charge < -0.3 is 5.11 Å². The SMILES string of the molecule is CC(CN(C)S(C)(=O)=O)C(=O)O. The van der Waals surface area contributed by atoms with Gasteiger partial charge in [-0.05, 0) is 0 Å². The summed E-state index contributed by atoms with van der Waals surface area (Å²) in [6.45, 7) is 1.47. The largest absolute Gasteiger partial charge is 0.481 e. The molecule has 0 saturated heterocycles. The van der Waals surface area contributed by atoms with Crippen molar-refractivity contribution in [3.63, 3.8) is 0 Å². The summed E-state index contributed by atoms with van der Waals surface area (Å²) >= 11 is 0. The smallest absolute Gasteiger partial charge is 0.307 e. The van der Waals surface area contributed by atoms with Crippen LogP contribution < -0.4 is 0 Å². The summed E-state index contributed by atoms with van der Waals surface area (Å²) in [4.78, 5) is 10.3. The number of aliphatic carboxylic acids is 1. The van der Waals surface area contributed by atoms with Crippen LogP contribution in [0.3, 0.4) is 0 Å². The Morgan fingerprint density at radius 2 is 2.00 bits per heavy atom. The molecule has 1 N–H and O–H groups in total. The number of nitrogens with zero attached hydrogens (tertiary/aromatic N) is 1. The van der Waals surface area contributed by atoms with Crippen LogP contribution in [-0.2, 0) is 14.8 Å². The van der Waals surface area contributed by atoms with Crippen LogP contribution in [-0.4, -0.2) is 43.6 Å². The summed E-state index contributed by atoms with van der Waals surface area (Å²) < 4.78 is 22.7. The molecule has 0 fully saturated rings. The maximum atomic E-state index is 10.8. The van der Waals surface area contributed by atoms with E-state index in [0.717, 1.165) is 10.6 Å². The standard InChI is InChI=1S/C6H13NO4S/c1-5(6(8)9)4-7(2)12(3,10)11/h5H,4H2,1-3H3,(H,8,9). The summed E-state index contributed by atoms with van der Waals surface area (Å²) in [6, 6.07) is 0. The maximum absolute atomic E-state index is 10.8. The van der Waals surface area contributed by atoms with Gasteiger partial charge in [-0.3, -0.25) is 4.79 Å². The van der Waals surface area contributed by atoms with Crippen molar-refractivity contribution in [1.29, 1.82) is 0 Å². The average molecular weight is 195 g/mol. The van der Waals surface area contributed by atoms with Crippen molar-refractivity contribution in [3.8, 4) is 0 Å². The van der Waals surface area contributed by atoms with Gasteiger partial charge in [0.15, 0.2) is 0 Å². The predicted octanol–water partition coefficient (Wildman–Crippen LogP) is -0.402. The molecule has 0 aliphatic carbocycles. The second kappa shape index (κ2) is 3.86. The lowest BCUT2D eigenvalue weighted by atomic mass is 10.2. The number of carboxylic acids is 1. The van der Waals surface area contributed by atoms with E-state index in [2.05, 4.69) is 0 Å². The molecule has 1 atom stereocenters. The molecule has 0 aromatic heterocycles. The van der Waals surface area contributed by atoms with Gasteiger partial charge in [-0.25, -0.2) is 12.7 Å². The highest BCUT2D eigenvalue weighted by molar-refractivity contribution is 7.88. The minimum Gasteiger partial charge on any atom is -0.481 e. The molecule has 6 heteroatoms. The highest BCUT2D eigenvalue weighted by Crippen LogP contribution is 2.01.